The Morgan fingerprint density at radius 3 is 1.10 bits per heavy atom. The Hall–Kier alpha value is -0.520. The normalized spacial score (nSPS) is 42.5. The molecule has 296 valence electrons. The molecule has 6 fully saturated rings. The SMILES string of the molecule is CC1(C)O[C@H]([C@H]2OC(C)(C)O[C@H]2CCCC(CO)CCC[C@@H]2OC(C)(C)O[C@@H]2[C@H]2OC(C)(C)O[C@@H]2[C@H]2COC(C)(C)O2)[C@@H]([C@H]2COC(C)(C)O2)O1. The van der Waals surface area contributed by atoms with Crippen LogP contribution in [0, 0.1) is 5.92 Å². The molecule has 6 saturated heterocycles. The molecule has 0 unspecified atom stereocenters. The minimum atomic E-state index is -0.792. The fraction of sp³-hybridized carbons (Fsp3) is 1.00. The molecule has 0 aliphatic carbocycles. The van der Waals surface area contributed by atoms with E-state index in [0.29, 0.717) is 13.2 Å². The van der Waals surface area contributed by atoms with Crippen LogP contribution in [-0.4, -0.2) is 121 Å². The summed E-state index contributed by atoms with van der Waals surface area (Å²) in [6.07, 6.45) is 1.87. The first-order chi connectivity index (χ1) is 23.6. The maximum Gasteiger partial charge on any atom is 0.164 e. The molecular formula is C38H66O13. The van der Waals surface area contributed by atoms with Crippen LogP contribution in [0.4, 0.5) is 0 Å². The second-order valence-corrected chi connectivity index (χ2v) is 18.1. The van der Waals surface area contributed by atoms with Gasteiger partial charge in [0.2, 0.25) is 0 Å². The zero-order chi connectivity index (χ0) is 37.2. The van der Waals surface area contributed by atoms with Gasteiger partial charge in [-0.25, -0.2) is 0 Å². The molecule has 6 aliphatic rings. The summed E-state index contributed by atoms with van der Waals surface area (Å²) in [7, 11) is 0. The second kappa shape index (κ2) is 14.5. The largest absolute Gasteiger partial charge is 0.396 e. The fourth-order valence-electron chi connectivity index (χ4n) is 8.74. The van der Waals surface area contributed by atoms with Crippen LogP contribution in [0.2, 0.25) is 0 Å². The lowest BCUT2D eigenvalue weighted by Gasteiger charge is -2.29. The summed E-state index contributed by atoms with van der Waals surface area (Å²) in [5.74, 6) is -4.33. The van der Waals surface area contributed by atoms with E-state index in [0.717, 1.165) is 38.5 Å². The summed E-state index contributed by atoms with van der Waals surface area (Å²) in [6, 6.07) is 0. The monoisotopic (exact) mass is 730 g/mol. The van der Waals surface area contributed by atoms with Gasteiger partial charge in [-0.3, -0.25) is 0 Å². The molecule has 6 aliphatic heterocycles. The minimum Gasteiger partial charge on any atom is -0.396 e. The molecule has 13 nitrogen and oxygen atoms in total. The Morgan fingerprint density at radius 1 is 0.431 bits per heavy atom. The molecule has 10 atom stereocenters. The number of rotatable bonds is 13. The second-order valence-electron chi connectivity index (χ2n) is 18.1. The molecule has 0 aromatic heterocycles. The Labute approximate surface area is 304 Å². The first-order valence-corrected chi connectivity index (χ1v) is 19.2. The average Bonchev–Trinajstić information content (AvgIpc) is 3.82. The van der Waals surface area contributed by atoms with Gasteiger partial charge in [-0.1, -0.05) is 12.8 Å². The topological polar surface area (TPSA) is 131 Å². The number of ether oxygens (including phenoxy) is 12. The van der Waals surface area contributed by atoms with Crippen molar-refractivity contribution in [2.24, 2.45) is 5.92 Å². The first-order valence-electron chi connectivity index (χ1n) is 19.2. The number of aliphatic hydroxyl groups excluding tert-OH is 1. The van der Waals surface area contributed by atoms with Gasteiger partial charge in [-0.2, -0.15) is 0 Å². The highest BCUT2D eigenvalue weighted by molar-refractivity contribution is 5.01. The van der Waals surface area contributed by atoms with Crippen LogP contribution in [0.3, 0.4) is 0 Å². The molecule has 0 aromatic rings. The molecule has 0 bridgehead atoms. The zero-order valence-electron chi connectivity index (χ0n) is 33.1. The summed E-state index contributed by atoms with van der Waals surface area (Å²) < 4.78 is 75.7. The highest BCUT2D eigenvalue weighted by Gasteiger charge is 2.59. The predicted molar refractivity (Wildman–Crippen MR) is 183 cm³/mol. The van der Waals surface area contributed by atoms with Gasteiger partial charge >= 0.3 is 0 Å². The summed E-state index contributed by atoms with van der Waals surface area (Å²) >= 11 is 0. The zero-order valence-corrected chi connectivity index (χ0v) is 33.1. The Kier molecular flexibility index (Phi) is 11.4. The smallest absolute Gasteiger partial charge is 0.164 e. The van der Waals surface area contributed by atoms with Gasteiger partial charge in [0.1, 0.15) is 48.8 Å². The number of hydrogen-bond acceptors (Lipinski definition) is 13. The molecule has 13 heteroatoms. The van der Waals surface area contributed by atoms with Crippen molar-refractivity contribution in [3.05, 3.63) is 0 Å². The van der Waals surface area contributed by atoms with E-state index in [1.165, 1.54) is 0 Å². The van der Waals surface area contributed by atoms with Crippen LogP contribution >= 0.6 is 0 Å². The lowest BCUT2D eigenvalue weighted by Crippen LogP contribution is -2.47. The van der Waals surface area contributed by atoms with Gasteiger partial charge in [0.05, 0.1) is 25.4 Å². The molecule has 1 N–H and O–H groups in total. The minimum absolute atomic E-state index is 0.114. The first kappa shape index (κ1) is 40.2. The van der Waals surface area contributed by atoms with Crippen LogP contribution in [0.25, 0.3) is 0 Å². The maximum atomic E-state index is 10.4. The molecule has 0 amide bonds. The molecule has 6 rings (SSSR count). The third-order valence-corrected chi connectivity index (χ3v) is 10.7. The third-order valence-electron chi connectivity index (χ3n) is 10.7. The maximum absolute atomic E-state index is 10.4. The molecule has 0 spiro atoms. The van der Waals surface area contributed by atoms with Crippen molar-refractivity contribution < 1.29 is 61.9 Å². The quantitative estimate of drug-likeness (QED) is 0.263. The van der Waals surface area contributed by atoms with E-state index in [1.54, 1.807) is 0 Å². The van der Waals surface area contributed by atoms with Crippen LogP contribution in [-0.2, 0) is 56.8 Å². The van der Waals surface area contributed by atoms with E-state index in [-0.39, 0.29) is 73.6 Å². The van der Waals surface area contributed by atoms with Crippen molar-refractivity contribution in [3.8, 4) is 0 Å². The van der Waals surface area contributed by atoms with E-state index in [1.807, 2.05) is 83.1 Å². The van der Waals surface area contributed by atoms with Crippen molar-refractivity contribution in [2.75, 3.05) is 19.8 Å². The van der Waals surface area contributed by atoms with Crippen molar-refractivity contribution in [2.45, 2.75) is 217 Å². The van der Waals surface area contributed by atoms with Crippen LogP contribution in [0.1, 0.15) is 122 Å². The van der Waals surface area contributed by atoms with E-state index in [4.69, 9.17) is 56.8 Å². The molecule has 0 saturated carbocycles. The van der Waals surface area contributed by atoms with Crippen molar-refractivity contribution >= 4 is 0 Å². The van der Waals surface area contributed by atoms with Gasteiger partial charge in [-0.05, 0) is 115 Å². The van der Waals surface area contributed by atoms with E-state index in [9.17, 15) is 5.11 Å². The molecule has 51 heavy (non-hydrogen) atoms. The number of hydrogen-bond donors (Lipinski definition) is 1. The predicted octanol–water partition coefficient (Wildman–Crippen LogP) is 5.32. The van der Waals surface area contributed by atoms with Crippen LogP contribution in [0.15, 0.2) is 0 Å². The Balaban J connectivity index is 1.03. The van der Waals surface area contributed by atoms with Crippen molar-refractivity contribution in [3.63, 3.8) is 0 Å². The van der Waals surface area contributed by atoms with Crippen LogP contribution in [0.5, 0.6) is 0 Å². The summed E-state index contributed by atoms with van der Waals surface area (Å²) in [5, 5.41) is 10.4. The van der Waals surface area contributed by atoms with Gasteiger partial charge in [0.15, 0.2) is 34.7 Å². The van der Waals surface area contributed by atoms with Crippen molar-refractivity contribution in [1.82, 2.24) is 0 Å². The van der Waals surface area contributed by atoms with Gasteiger partial charge in [0.25, 0.3) is 0 Å². The Bertz CT molecular complexity index is 1100. The summed E-state index contributed by atoms with van der Waals surface area (Å²) in [4.78, 5) is 0. The lowest BCUT2D eigenvalue weighted by molar-refractivity contribution is -0.178. The molecule has 0 aromatic carbocycles. The molecule has 6 heterocycles. The van der Waals surface area contributed by atoms with E-state index in [2.05, 4.69) is 0 Å². The summed E-state index contributed by atoms with van der Waals surface area (Å²) in [5.41, 5.74) is 0. The lowest BCUT2D eigenvalue weighted by atomic mass is 9.91. The summed E-state index contributed by atoms with van der Waals surface area (Å²) in [6.45, 7) is 24.0. The van der Waals surface area contributed by atoms with E-state index < -0.39 is 34.7 Å². The third kappa shape index (κ3) is 9.66. The van der Waals surface area contributed by atoms with Gasteiger partial charge < -0.3 is 61.9 Å². The van der Waals surface area contributed by atoms with Gasteiger partial charge in [0, 0.05) is 6.61 Å². The van der Waals surface area contributed by atoms with Gasteiger partial charge in [-0.15, -0.1) is 0 Å². The van der Waals surface area contributed by atoms with Crippen molar-refractivity contribution in [1.29, 1.82) is 0 Å². The van der Waals surface area contributed by atoms with Crippen LogP contribution < -0.4 is 0 Å². The van der Waals surface area contributed by atoms with E-state index >= 15 is 0 Å². The molecule has 0 radical (unpaired) electrons. The standard InChI is InChI=1S/C38H66O13/c1-33(2)40-20-25(44-33)29-31(50-37(9,10)48-29)27-23(42-35(5,6)46-27)17-13-15-22(19-39)16-14-18-24-28(47-36(7,8)43-24)32-30(49-38(11,12)51-32)26-21-41-34(3,4)45-26/h22-32,39H,13-21H2,1-12H3/t23-,24-,25+,26+,27-,28-,29+,30+,31+,32+/m0/s1. The number of aliphatic hydroxyl groups is 1. The average molecular weight is 731 g/mol. The highest BCUT2D eigenvalue weighted by Crippen LogP contribution is 2.45. The molecular weight excluding hydrogens is 664 g/mol. The fourth-order valence-corrected chi connectivity index (χ4v) is 8.74. The Morgan fingerprint density at radius 2 is 0.765 bits per heavy atom. The highest BCUT2D eigenvalue weighted by atomic mass is 16.8.